The van der Waals surface area contributed by atoms with Crippen LogP contribution in [-0.2, 0) is 25.6 Å². The fourth-order valence-electron chi connectivity index (χ4n) is 2.08. The number of hydrogen-bond donors (Lipinski definition) is 0. The molecule has 6 nitrogen and oxygen atoms in total. The number of hydrogen-bond acceptors (Lipinski definition) is 5. The first-order valence-electron chi connectivity index (χ1n) is 6.74. The van der Waals surface area contributed by atoms with Gasteiger partial charge >= 0.3 is 6.09 Å². The SMILES string of the molecule is CS(=O)(=O)OCCC1CN(C(=O)OCc2ccccc2)C1. The second kappa shape index (κ2) is 6.91. The molecule has 1 amide bonds. The van der Waals surface area contributed by atoms with Gasteiger partial charge in [0.25, 0.3) is 10.1 Å². The van der Waals surface area contributed by atoms with Crippen LogP contribution in [0.2, 0.25) is 0 Å². The zero-order valence-electron chi connectivity index (χ0n) is 11.9. The van der Waals surface area contributed by atoms with Crippen LogP contribution in [0.15, 0.2) is 30.3 Å². The molecule has 1 saturated heterocycles. The highest BCUT2D eigenvalue weighted by Crippen LogP contribution is 2.20. The van der Waals surface area contributed by atoms with Crippen molar-refractivity contribution in [2.45, 2.75) is 13.0 Å². The Morgan fingerprint density at radius 3 is 2.57 bits per heavy atom. The van der Waals surface area contributed by atoms with E-state index in [0.717, 1.165) is 11.8 Å². The Morgan fingerprint density at radius 1 is 1.29 bits per heavy atom. The molecule has 0 saturated carbocycles. The molecule has 1 fully saturated rings. The Balaban J connectivity index is 1.62. The largest absolute Gasteiger partial charge is 0.445 e. The van der Waals surface area contributed by atoms with E-state index < -0.39 is 10.1 Å². The van der Waals surface area contributed by atoms with Crippen LogP contribution in [0.25, 0.3) is 0 Å². The van der Waals surface area contributed by atoms with Crippen molar-refractivity contribution in [3.63, 3.8) is 0 Å². The predicted molar refractivity (Wildman–Crippen MR) is 77.1 cm³/mol. The normalized spacial score (nSPS) is 15.6. The molecule has 0 bridgehead atoms. The molecule has 1 aromatic rings. The summed E-state index contributed by atoms with van der Waals surface area (Å²) in [4.78, 5) is 13.4. The molecule has 0 radical (unpaired) electrons. The van der Waals surface area contributed by atoms with E-state index in [-0.39, 0.29) is 25.2 Å². The minimum absolute atomic E-state index is 0.163. The van der Waals surface area contributed by atoms with Crippen LogP contribution in [-0.4, -0.2) is 45.4 Å². The van der Waals surface area contributed by atoms with Crippen molar-refractivity contribution >= 4 is 16.2 Å². The summed E-state index contributed by atoms with van der Waals surface area (Å²) in [5, 5.41) is 0. The lowest BCUT2D eigenvalue weighted by Gasteiger charge is -2.38. The Kier molecular flexibility index (Phi) is 5.19. The van der Waals surface area contributed by atoms with Gasteiger partial charge in [-0.1, -0.05) is 30.3 Å². The van der Waals surface area contributed by atoms with Crippen LogP contribution in [0, 0.1) is 5.92 Å². The molecule has 7 heteroatoms. The van der Waals surface area contributed by atoms with Gasteiger partial charge < -0.3 is 9.64 Å². The lowest BCUT2D eigenvalue weighted by molar-refractivity contribution is 0.0433. The first-order valence-corrected chi connectivity index (χ1v) is 8.56. The molecule has 0 unspecified atom stereocenters. The number of nitrogens with zero attached hydrogens (tertiary/aromatic N) is 1. The fraction of sp³-hybridized carbons (Fsp3) is 0.500. The molecule has 0 spiro atoms. The minimum atomic E-state index is -3.38. The molecule has 0 aliphatic carbocycles. The quantitative estimate of drug-likeness (QED) is 0.746. The Hall–Kier alpha value is -1.60. The molecule has 1 aliphatic heterocycles. The third-order valence-corrected chi connectivity index (χ3v) is 3.84. The van der Waals surface area contributed by atoms with Crippen molar-refractivity contribution in [3.05, 3.63) is 35.9 Å². The van der Waals surface area contributed by atoms with Crippen LogP contribution >= 0.6 is 0 Å². The van der Waals surface area contributed by atoms with Gasteiger partial charge in [-0.25, -0.2) is 4.79 Å². The Bertz CT molecular complexity index is 566. The minimum Gasteiger partial charge on any atom is -0.445 e. The molecular formula is C14H19NO5S. The van der Waals surface area contributed by atoms with E-state index in [0.29, 0.717) is 19.5 Å². The van der Waals surface area contributed by atoms with Crippen molar-refractivity contribution in [1.29, 1.82) is 0 Å². The van der Waals surface area contributed by atoms with Crippen molar-refractivity contribution in [3.8, 4) is 0 Å². The van der Waals surface area contributed by atoms with Crippen molar-refractivity contribution in [2.75, 3.05) is 26.0 Å². The van der Waals surface area contributed by atoms with Crippen LogP contribution < -0.4 is 0 Å². The third kappa shape index (κ3) is 5.35. The molecule has 0 aromatic heterocycles. The summed E-state index contributed by atoms with van der Waals surface area (Å²) in [7, 11) is -3.38. The fourth-order valence-corrected chi connectivity index (χ4v) is 2.48. The van der Waals surface area contributed by atoms with E-state index in [2.05, 4.69) is 4.18 Å². The van der Waals surface area contributed by atoms with Crippen molar-refractivity contribution < 1.29 is 22.1 Å². The average Bonchev–Trinajstić information content (AvgIpc) is 2.38. The monoisotopic (exact) mass is 313 g/mol. The highest BCUT2D eigenvalue weighted by molar-refractivity contribution is 7.85. The van der Waals surface area contributed by atoms with Gasteiger partial charge in [0, 0.05) is 13.1 Å². The van der Waals surface area contributed by atoms with Gasteiger partial charge in [-0.05, 0) is 17.9 Å². The number of carbonyl (C=O) groups is 1. The summed E-state index contributed by atoms with van der Waals surface area (Å²) in [5.74, 6) is 0.274. The number of benzene rings is 1. The second-order valence-corrected chi connectivity index (χ2v) is 6.77. The number of ether oxygens (including phenoxy) is 1. The number of likely N-dealkylation sites (tertiary alicyclic amines) is 1. The standard InChI is InChI=1S/C14H19NO5S/c1-21(17,18)20-8-7-13-9-15(10-13)14(16)19-11-12-5-3-2-4-6-12/h2-6,13H,7-11H2,1H3. The van der Waals surface area contributed by atoms with Crippen LogP contribution in [0.3, 0.4) is 0 Å². The highest BCUT2D eigenvalue weighted by Gasteiger charge is 2.31. The van der Waals surface area contributed by atoms with E-state index in [4.69, 9.17) is 4.74 Å². The molecule has 1 aromatic carbocycles. The summed E-state index contributed by atoms with van der Waals surface area (Å²) >= 11 is 0. The summed E-state index contributed by atoms with van der Waals surface area (Å²) in [5.41, 5.74) is 0.949. The molecule has 1 heterocycles. The van der Waals surface area contributed by atoms with Gasteiger partial charge in [-0.3, -0.25) is 4.18 Å². The van der Waals surface area contributed by atoms with Gasteiger partial charge in [0.2, 0.25) is 0 Å². The Morgan fingerprint density at radius 2 is 1.95 bits per heavy atom. The van der Waals surface area contributed by atoms with Gasteiger partial charge in [-0.2, -0.15) is 8.42 Å². The maximum Gasteiger partial charge on any atom is 0.410 e. The molecule has 0 atom stereocenters. The predicted octanol–water partition coefficient (Wildman–Crippen LogP) is 1.62. The molecule has 1 aliphatic rings. The first kappa shape index (κ1) is 15.8. The lowest BCUT2D eigenvalue weighted by atomic mass is 9.98. The maximum atomic E-state index is 11.8. The molecular weight excluding hydrogens is 294 g/mol. The van der Waals surface area contributed by atoms with Gasteiger partial charge in [0.15, 0.2) is 0 Å². The summed E-state index contributed by atoms with van der Waals surface area (Å²) < 4.78 is 31.5. The van der Waals surface area contributed by atoms with Crippen LogP contribution in [0.1, 0.15) is 12.0 Å². The zero-order valence-corrected chi connectivity index (χ0v) is 12.7. The van der Waals surface area contributed by atoms with E-state index in [1.165, 1.54) is 0 Å². The van der Waals surface area contributed by atoms with E-state index >= 15 is 0 Å². The van der Waals surface area contributed by atoms with Gasteiger partial charge in [0.1, 0.15) is 6.61 Å². The number of carbonyl (C=O) groups excluding carboxylic acids is 1. The van der Waals surface area contributed by atoms with Crippen LogP contribution in [0.5, 0.6) is 0 Å². The van der Waals surface area contributed by atoms with Crippen molar-refractivity contribution in [1.82, 2.24) is 4.90 Å². The third-order valence-electron chi connectivity index (χ3n) is 3.24. The van der Waals surface area contributed by atoms with Gasteiger partial charge in [0.05, 0.1) is 12.9 Å². The molecule has 0 N–H and O–H groups in total. The molecule has 2 rings (SSSR count). The van der Waals surface area contributed by atoms with Gasteiger partial charge in [-0.15, -0.1) is 0 Å². The molecule has 21 heavy (non-hydrogen) atoms. The topological polar surface area (TPSA) is 72.9 Å². The number of amides is 1. The summed E-state index contributed by atoms with van der Waals surface area (Å²) in [6.45, 7) is 1.59. The van der Waals surface area contributed by atoms with E-state index in [9.17, 15) is 13.2 Å². The van der Waals surface area contributed by atoms with Crippen molar-refractivity contribution in [2.24, 2.45) is 5.92 Å². The summed E-state index contributed by atoms with van der Waals surface area (Å²) in [6.07, 6.45) is 1.32. The first-order chi connectivity index (χ1) is 9.94. The zero-order chi connectivity index (χ0) is 15.3. The average molecular weight is 313 g/mol. The highest BCUT2D eigenvalue weighted by atomic mass is 32.2. The summed E-state index contributed by atoms with van der Waals surface area (Å²) in [6, 6.07) is 9.49. The second-order valence-electron chi connectivity index (χ2n) is 5.13. The maximum absolute atomic E-state index is 11.8. The number of rotatable bonds is 6. The van der Waals surface area contributed by atoms with E-state index in [1.807, 2.05) is 30.3 Å². The Labute approximate surface area is 124 Å². The molecule has 116 valence electrons. The lowest BCUT2D eigenvalue weighted by Crippen LogP contribution is -2.50. The smallest absolute Gasteiger partial charge is 0.410 e. The van der Waals surface area contributed by atoms with Crippen LogP contribution in [0.4, 0.5) is 4.79 Å². The van der Waals surface area contributed by atoms with E-state index in [1.54, 1.807) is 4.90 Å².